The molecule has 90 valence electrons. The zero-order valence-electron chi connectivity index (χ0n) is 11.2. The van der Waals surface area contributed by atoms with Gasteiger partial charge in [0.2, 0.25) is 0 Å². The molecule has 0 bridgehead atoms. The summed E-state index contributed by atoms with van der Waals surface area (Å²) in [6.07, 6.45) is 2.11. The van der Waals surface area contributed by atoms with E-state index < -0.39 is 0 Å². The van der Waals surface area contributed by atoms with Gasteiger partial charge in [-0.3, -0.25) is 0 Å². The highest BCUT2D eigenvalue weighted by Gasteiger charge is 2.44. The fourth-order valence-corrected chi connectivity index (χ4v) is 2.35. The quantitative estimate of drug-likeness (QED) is 0.793. The van der Waals surface area contributed by atoms with Crippen molar-refractivity contribution in [3.63, 3.8) is 0 Å². The van der Waals surface area contributed by atoms with Crippen molar-refractivity contribution in [1.82, 2.24) is 0 Å². The number of benzene rings is 1. The minimum Gasteiger partial charge on any atom is -0.373 e. The van der Waals surface area contributed by atoms with E-state index in [4.69, 9.17) is 5.26 Å². The van der Waals surface area contributed by atoms with E-state index in [0.717, 1.165) is 19.4 Å². The Labute approximate surface area is 104 Å². The molecule has 0 radical (unpaired) electrons. The third kappa shape index (κ3) is 2.29. The van der Waals surface area contributed by atoms with Crippen LogP contribution < -0.4 is 4.90 Å². The lowest BCUT2D eigenvalue weighted by Crippen LogP contribution is -2.26. The van der Waals surface area contributed by atoms with Crippen LogP contribution in [0.5, 0.6) is 0 Å². The second-order valence-electron chi connectivity index (χ2n) is 5.47. The number of hydrogen-bond donors (Lipinski definition) is 0. The molecular formula is C15H20N2. The van der Waals surface area contributed by atoms with Crippen molar-refractivity contribution < 1.29 is 0 Å². The highest BCUT2D eigenvalue weighted by Crippen LogP contribution is 2.46. The molecule has 2 nitrogen and oxygen atoms in total. The first kappa shape index (κ1) is 12.0. The fourth-order valence-electron chi connectivity index (χ4n) is 2.35. The smallest absolute Gasteiger partial charge is 0.0749 e. The summed E-state index contributed by atoms with van der Waals surface area (Å²) in [6, 6.07) is 6.92. The summed E-state index contributed by atoms with van der Waals surface area (Å²) in [5.41, 5.74) is 5.14. The van der Waals surface area contributed by atoms with Gasteiger partial charge in [0.05, 0.1) is 11.5 Å². The van der Waals surface area contributed by atoms with Gasteiger partial charge in [0, 0.05) is 19.3 Å². The number of nitrogens with zero attached hydrogens (tertiary/aromatic N) is 2. The van der Waals surface area contributed by atoms with Crippen molar-refractivity contribution in [3.05, 3.63) is 28.8 Å². The predicted octanol–water partition coefficient (Wildman–Crippen LogP) is 3.35. The maximum absolute atomic E-state index is 9.14. The zero-order chi connectivity index (χ0) is 12.6. The molecule has 0 spiro atoms. The van der Waals surface area contributed by atoms with Gasteiger partial charge in [-0.05, 0) is 56.4 Å². The summed E-state index contributed by atoms with van der Waals surface area (Å²) in [5, 5.41) is 9.14. The summed E-state index contributed by atoms with van der Waals surface area (Å²) in [5.74, 6) is 0. The van der Waals surface area contributed by atoms with E-state index in [0.29, 0.717) is 0 Å². The molecule has 2 rings (SSSR count). The Morgan fingerprint density at radius 1 is 1.18 bits per heavy atom. The van der Waals surface area contributed by atoms with E-state index in [1.54, 1.807) is 0 Å². The van der Waals surface area contributed by atoms with Gasteiger partial charge in [-0.1, -0.05) is 6.07 Å². The molecule has 0 aliphatic heterocycles. The van der Waals surface area contributed by atoms with Crippen molar-refractivity contribution in [2.75, 3.05) is 18.5 Å². The molecule has 0 unspecified atom stereocenters. The minimum atomic E-state index is -0.0695. The van der Waals surface area contributed by atoms with Crippen LogP contribution in [0.3, 0.4) is 0 Å². The van der Waals surface area contributed by atoms with Gasteiger partial charge < -0.3 is 4.90 Å². The first-order chi connectivity index (χ1) is 7.97. The van der Waals surface area contributed by atoms with Gasteiger partial charge in [-0.2, -0.15) is 5.26 Å². The van der Waals surface area contributed by atoms with E-state index >= 15 is 0 Å². The van der Waals surface area contributed by atoms with Crippen LogP contribution in [0.15, 0.2) is 12.1 Å². The first-order valence-corrected chi connectivity index (χ1v) is 6.18. The largest absolute Gasteiger partial charge is 0.373 e. The van der Waals surface area contributed by atoms with Crippen LogP contribution in [-0.4, -0.2) is 13.6 Å². The van der Waals surface area contributed by atoms with Crippen molar-refractivity contribution in [2.24, 2.45) is 5.41 Å². The van der Waals surface area contributed by atoms with Crippen LogP contribution in [0, 0.1) is 37.5 Å². The van der Waals surface area contributed by atoms with Crippen LogP contribution in [0.1, 0.15) is 29.5 Å². The maximum Gasteiger partial charge on any atom is 0.0749 e. The highest BCUT2D eigenvalue weighted by atomic mass is 15.1. The van der Waals surface area contributed by atoms with E-state index in [-0.39, 0.29) is 5.41 Å². The van der Waals surface area contributed by atoms with Crippen molar-refractivity contribution in [3.8, 4) is 6.07 Å². The van der Waals surface area contributed by atoms with Crippen molar-refractivity contribution in [2.45, 2.75) is 33.6 Å². The molecular weight excluding hydrogens is 208 g/mol. The van der Waals surface area contributed by atoms with Gasteiger partial charge in [-0.25, -0.2) is 0 Å². The molecule has 2 heteroatoms. The molecule has 0 amide bonds. The summed E-state index contributed by atoms with van der Waals surface area (Å²) in [4.78, 5) is 2.23. The van der Waals surface area contributed by atoms with Gasteiger partial charge in [0.15, 0.2) is 0 Å². The molecule has 0 N–H and O–H groups in total. The number of nitriles is 1. The van der Waals surface area contributed by atoms with Gasteiger partial charge in [-0.15, -0.1) is 0 Å². The topological polar surface area (TPSA) is 27.0 Å². The van der Waals surface area contributed by atoms with Crippen molar-refractivity contribution >= 4 is 5.69 Å². The summed E-state index contributed by atoms with van der Waals surface area (Å²) in [7, 11) is 2.09. The molecule has 1 aromatic carbocycles. The second-order valence-corrected chi connectivity index (χ2v) is 5.47. The molecule has 1 aromatic rings. The minimum absolute atomic E-state index is 0.0695. The predicted molar refractivity (Wildman–Crippen MR) is 71.2 cm³/mol. The van der Waals surface area contributed by atoms with Crippen LogP contribution in [0.4, 0.5) is 5.69 Å². The summed E-state index contributed by atoms with van der Waals surface area (Å²) in [6.45, 7) is 7.28. The number of anilines is 1. The monoisotopic (exact) mass is 228 g/mol. The third-order valence-corrected chi connectivity index (χ3v) is 3.85. The normalized spacial score (nSPS) is 16.4. The Balaban J connectivity index is 2.23. The van der Waals surface area contributed by atoms with E-state index in [9.17, 15) is 0 Å². The number of rotatable bonds is 3. The zero-order valence-corrected chi connectivity index (χ0v) is 11.2. The Morgan fingerprint density at radius 3 is 2.29 bits per heavy atom. The molecule has 1 saturated carbocycles. The number of hydrogen-bond acceptors (Lipinski definition) is 2. The molecule has 0 heterocycles. The SMILES string of the molecule is Cc1cc(C)c(N(C)CC2(C#N)CC2)cc1C. The Kier molecular flexibility index (Phi) is 2.87. The second kappa shape index (κ2) is 4.07. The standard InChI is InChI=1S/C15H20N2/c1-11-7-13(3)14(8-12(11)2)17(4)10-15(9-16)5-6-15/h7-8H,5-6,10H2,1-4H3. The van der Waals surface area contributed by atoms with Crippen LogP contribution >= 0.6 is 0 Å². The fraction of sp³-hybridized carbons (Fsp3) is 0.533. The lowest BCUT2D eigenvalue weighted by molar-refractivity contribution is 0.652. The average molecular weight is 228 g/mol. The van der Waals surface area contributed by atoms with E-state index in [2.05, 4.69) is 50.9 Å². The molecule has 17 heavy (non-hydrogen) atoms. The summed E-state index contributed by atoms with van der Waals surface area (Å²) < 4.78 is 0. The van der Waals surface area contributed by atoms with Crippen LogP contribution in [0.25, 0.3) is 0 Å². The first-order valence-electron chi connectivity index (χ1n) is 6.18. The Morgan fingerprint density at radius 2 is 1.76 bits per heavy atom. The van der Waals surface area contributed by atoms with Crippen LogP contribution in [-0.2, 0) is 0 Å². The Hall–Kier alpha value is -1.49. The van der Waals surface area contributed by atoms with Gasteiger partial charge in [0.25, 0.3) is 0 Å². The summed E-state index contributed by atoms with van der Waals surface area (Å²) >= 11 is 0. The van der Waals surface area contributed by atoms with E-state index in [1.807, 2.05) is 0 Å². The molecule has 1 fully saturated rings. The lowest BCUT2D eigenvalue weighted by atomic mass is 10.0. The van der Waals surface area contributed by atoms with E-state index in [1.165, 1.54) is 22.4 Å². The third-order valence-electron chi connectivity index (χ3n) is 3.85. The molecule has 0 aromatic heterocycles. The Bertz CT molecular complexity index is 478. The average Bonchev–Trinajstić information content (AvgIpc) is 3.04. The highest BCUT2D eigenvalue weighted by molar-refractivity contribution is 5.56. The molecule has 1 aliphatic carbocycles. The van der Waals surface area contributed by atoms with Gasteiger partial charge in [0.1, 0.15) is 0 Å². The molecule has 0 atom stereocenters. The molecule has 0 saturated heterocycles. The van der Waals surface area contributed by atoms with Gasteiger partial charge >= 0.3 is 0 Å². The molecule has 1 aliphatic rings. The van der Waals surface area contributed by atoms with Crippen LogP contribution in [0.2, 0.25) is 0 Å². The van der Waals surface area contributed by atoms with Crippen molar-refractivity contribution in [1.29, 1.82) is 5.26 Å². The maximum atomic E-state index is 9.14. The number of aryl methyl sites for hydroxylation is 3. The lowest BCUT2D eigenvalue weighted by Gasteiger charge is -2.24.